The molecule has 0 spiro atoms. The molecule has 21 heavy (non-hydrogen) atoms. The average molecular weight is 304 g/mol. The zero-order chi connectivity index (χ0) is 15.7. The Hall–Kier alpha value is -2.45. The van der Waals surface area contributed by atoms with Crippen molar-refractivity contribution in [2.24, 2.45) is 0 Å². The van der Waals surface area contributed by atoms with Gasteiger partial charge in [-0.05, 0) is 6.42 Å². The molecule has 0 unspecified atom stereocenters. The fourth-order valence-electron chi connectivity index (χ4n) is 1.72. The lowest BCUT2D eigenvalue weighted by molar-refractivity contribution is 0.382. The summed E-state index contributed by atoms with van der Waals surface area (Å²) < 4.78 is 66.3. The highest BCUT2D eigenvalue weighted by molar-refractivity contribution is 5.64. The van der Waals surface area contributed by atoms with Crippen LogP contribution < -0.4 is 11.1 Å². The van der Waals surface area contributed by atoms with Gasteiger partial charge in [0.2, 0.25) is 5.82 Å². The zero-order valence-electron chi connectivity index (χ0n) is 10.6. The largest absolute Gasteiger partial charge is 0.383 e. The Labute approximate surface area is 115 Å². The standard InChI is InChI=1S/C12H9F5N4/c1-2-4-11(18)19-3-20-12(4)21-10-8(16)6(14)5(13)7(15)9(10)17/h3H,2H2,1H3,(H3,18,19,20,21). The van der Waals surface area contributed by atoms with Crippen molar-refractivity contribution in [3.8, 4) is 0 Å². The van der Waals surface area contributed by atoms with Crippen molar-refractivity contribution < 1.29 is 22.0 Å². The van der Waals surface area contributed by atoms with Gasteiger partial charge in [-0.15, -0.1) is 0 Å². The molecule has 0 bridgehead atoms. The highest BCUT2D eigenvalue weighted by Gasteiger charge is 2.26. The molecule has 0 fully saturated rings. The first kappa shape index (κ1) is 14.9. The van der Waals surface area contributed by atoms with Gasteiger partial charge in [0.25, 0.3) is 0 Å². The Kier molecular flexibility index (Phi) is 3.92. The number of rotatable bonds is 3. The third-order valence-electron chi connectivity index (χ3n) is 2.79. The maximum Gasteiger partial charge on any atom is 0.200 e. The van der Waals surface area contributed by atoms with E-state index >= 15 is 0 Å². The second kappa shape index (κ2) is 5.51. The van der Waals surface area contributed by atoms with E-state index in [2.05, 4.69) is 15.3 Å². The number of benzene rings is 1. The van der Waals surface area contributed by atoms with Crippen LogP contribution in [0.3, 0.4) is 0 Å². The highest BCUT2D eigenvalue weighted by Crippen LogP contribution is 2.30. The molecule has 1 aromatic carbocycles. The van der Waals surface area contributed by atoms with Crippen LogP contribution in [0, 0.1) is 29.1 Å². The van der Waals surface area contributed by atoms with Gasteiger partial charge in [0.15, 0.2) is 23.3 Å². The smallest absolute Gasteiger partial charge is 0.200 e. The number of hydrogen-bond acceptors (Lipinski definition) is 4. The van der Waals surface area contributed by atoms with Gasteiger partial charge in [0, 0.05) is 5.56 Å². The molecule has 0 saturated heterocycles. The Bertz CT molecular complexity index is 676. The van der Waals surface area contributed by atoms with E-state index in [4.69, 9.17) is 5.73 Å². The Morgan fingerprint density at radius 3 is 2.00 bits per heavy atom. The fourth-order valence-corrected chi connectivity index (χ4v) is 1.72. The van der Waals surface area contributed by atoms with E-state index in [1.807, 2.05) is 0 Å². The lowest BCUT2D eigenvalue weighted by Gasteiger charge is -2.13. The maximum atomic E-state index is 13.6. The molecule has 0 saturated carbocycles. The maximum absolute atomic E-state index is 13.6. The Morgan fingerprint density at radius 2 is 1.48 bits per heavy atom. The molecule has 0 aliphatic rings. The van der Waals surface area contributed by atoms with Crippen LogP contribution in [-0.2, 0) is 6.42 Å². The summed E-state index contributed by atoms with van der Waals surface area (Å²) in [6.45, 7) is 1.67. The molecule has 0 aliphatic carbocycles. The van der Waals surface area contributed by atoms with Crippen LogP contribution in [-0.4, -0.2) is 9.97 Å². The van der Waals surface area contributed by atoms with Crippen molar-refractivity contribution in [1.82, 2.24) is 9.97 Å². The zero-order valence-corrected chi connectivity index (χ0v) is 10.6. The molecule has 112 valence electrons. The summed E-state index contributed by atoms with van der Waals surface area (Å²) in [5, 5.41) is 2.08. The monoisotopic (exact) mass is 304 g/mol. The molecule has 9 heteroatoms. The van der Waals surface area contributed by atoms with Gasteiger partial charge in [0.1, 0.15) is 23.7 Å². The quantitative estimate of drug-likeness (QED) is 0.520. The number of nitrogen functional groups attached to an aromatic ring is 1. The minimum absolute atomic E-state index is 0.0406. The van der Waals surface area contributed by atoms with E-state index in [1.165, 1.54) is 0 Å². The van der Waals surface area contributed by atoms with Crippen LogP contribution >= 0.6 is 0 Å². The van der Waals surface area contributed by atoms with Crippen LogP contribution in [0.25, 0.3) is 0 Å². The predicted octanol–water partition coefficient (Wildman–Crippen LogP) is 3.06. The van der Waals surface area contributed by atoms with Crippen molar-refractivity contribution in [1.29, 1.82) is 0 Å². The first-order valence-electron chi connectivity index (χ1n) is 5.76. The minimum Gasteiger partial charge on any atom is -0.383 e. The first-order chi connectivity index (χ1) is 9.88. The predicted molar refractivity (Wildman–Crippen MR) is 65.3 cm³/mol. The molecule has 2 rings (SSSR count). The molecule has 1 heterocycles. The lowest BCUT2D eigenvalue weighted by atomic mass is 10.2. The summed E-state index contributed by atoms with van der Waals surface area (Å²) >= 11 is 0. The van der Waals surface area contributed by atoms with Crippen LogP contribution in [0.4, 0.5) is 39.3 Å². The van der Waals surface area contributed by atoms with E-state index < -0.39 is 34.8 Å². The van der Waals surface area contributed by atoms with Crippen molar-refractivity contribution >= 4 is 17.3 Å². The summed E-state index contributed by atoms with van der Waals surface area (Å²) in [5.74, 6) is -10.4. The molecule has 0 amide bonds. The highest BCUT2D eigenvalue weighted by atomic mass is 19.2. The molecule has 0 aliphatic heterocycles. The number of nitrogens with two attached hydrogens (primary N) is 1. The van der Waals surface area contributed by atoms with Crippen molar-refractivity contribution in [2.45, 2.75) is 13.3 Å². The van der Waals surface area contributed by atoms with Crippen LogP contribution in [0.2, 0.25) is 0 Å². The molecule has 0 atom stereocenters. The van der Waals surface area contributed by atoms with E-state index in [0.29, 0.717) is 12.0 Å². The molecule has 1 aromatic heterocycles. The Morgan fingerprint density at radius 1 is 0.952 bits per heavy atom. The van der Waals surface area contributed by atoms with Crippen LogP contribution in [0.5, 0.6) is 0 Å². The molecule has 4 nitrogen and oxygen atoms in total. The van der Waals surface area contributed by atoms with Gasteiger partial charge in [-0.2, -0.15) is 0 Å². The molecule has 3 N–H and O–H groups in total. The van der Waals surface area contributed by atoms with Crippen molar-refractivity contribution in [3.63, 3.8) is 0 Å². The summed E-state index contributed by atoms with van der Waals surface area (Å²) in [7, 11) is 0. The van der Waals surface area contributed by atoms with E-state index in [0.717, 1.165) is 6.33 Å². The van der Waals surface area contributed by atoms with Gasteiger partial charge in [-0.25, -0.2) is 31.9 Å². The van der Waals surface area contributed by atoms with Crippen molar-refractivity contribution in [2.75, 3.05) is 11.1 Å². The molecular formula is C12H9F5N4. The topological polar surface area (TPSA) is 63.8 Å². The number of nitrogens with zero attached hydrogens (tertiary/aromatic N) is 2. The van der Waals surface area contributed by atoms with Crippen LogP contribution in [0.15, 0.2) is 6.33 Å². The first-order valence-corrected chi connectivity index (χ1v) is 5.76. The van der Waals surface area contributed by atoms with Gasteiger partial charge in [-0.3, -0.25) is 0 Å². The minimum atomic E-state index is -2.23. The summed E-state index contributed by atoms with van der Waals surface area (Å²) in [4.78, 5) is 7.37. The number of nitrogens with one attached hydrogen (secondary N) is 1. The number of hydrogen-bond donors (Lipinski definition) is 2. The van der Waals surface area contributed by atoms with E-state index in [-0.39, 0.29) is 11.6 Å². The lowest BCUT2D eigenvalue weighted by Crippen LogP contribution is -2.10. The summed E-state index contributed by atoms with van der Waals surface area (Å²) in [5.41, 5.74) is 4.66. The number of anilines is 3. The summed E-state index contributed by atoms with van der Waals surface area (Å²) in [6, 6.07) is 0. The fraction of sp³-hybridized carbons (Fsp3) is 0.167. The molecule has 0 radical (unpaired) electrons. The van der Waals surface area contributed by atoms with Gasteiger partial charge >= 0.3 is 0 Å². The van der Waals surface area contributed by atoms with Crippen molar-refractivity contribution in [3.05, 3.63) is 41.0 Å². The van der Waals surface area contributed by atoms with Gasteiger partial charge in [0.05, 0.1) is 0 Å². The van der Waals surface area contributed by atoms with E-state index in [9.17, 15) is 22.0 Å². The second-order valence-corrected chi connectivity index (χ2v) is 4.01. The van der Waals surface area contributed by atoms with Gasteiger partial charge in [-0.1, -0.05) is 6.92 Å². The number of halogens is 5. The SMILES string of the molecule is CCc1c(N)ncnc1Nc1c(F)c(F)c(F)c(F)c1F. The normalized spacial score (nSPS) is 10.8. The third kappa shape index (κ3) is 2.46. The second-order valence-electron chi connectivity index (χ2n) is 4.01. The van der Waals surface area contributed by atoms with Gasteiger partial charge < -0.3 is 11.1 Å². The van der Waals surface area contributed by atoms with E-state index in [1.54, 1.807) is 6.92 Å². The van der Waals surface area contributed by atoms with Crippen LogP contribution in [0.1, 0.15) is 12.5 Å². The third-order valence-corrected chi connectivity index (χ3v) is 2.79. The average Bonchev–Trinajstić information content (AvgIpc) is 2.47. The molecule has 2 aromatic rings. The molecular weight excluding hydrogens is 295 g/mol. The Balaban J connectivity index is 2.58. The number of aromatic nitrogens is 2. The summed E-state index contributed by atoms with van der Waals surface area (Å²) in [6.07, 6.45) is 1.30.